The Labute approximate surface area is 125 Å². The minimum absolute atomic E-state index is 0.115. The summed E-state index contributed by atoms with van der Waals surface area (Å²) in [5.41, 5.74) is 0. The Morgan fingerprint density at radius 3 is 2.62 bits per heavy atom. The maximum absolute atomic E-state index is 12.7. The van der Waals surface area contributed by atoms with Gasteiger partial charge in [-0.05, 0) is 19.3 Å². The maximum Gasteiger partial charge on any atom is 0.391 e. The maximum atomic E-state index is 12.7. The van der Waals surface area contributed by atoms with E-state index in [9.17, 15) is 18.0 Å². The summed E-state index contributed by atoms with van der Waals surface area (Å²) < 4.78 is 38.2. The molecule has 0 aromatic carbocycles. The molecule has 2 rings (SSSR count). The number of hydrogen-bond donors (Lipinski definition) is 1. The van der Waals surface area contributed by atoms with E-state index in [0.29, 0.717) is 18.0 Å². The lowest BCUT2D eigenvalue weighted by Gasteiger charge is -2.29. The molecule has 0 spiro atoms. The van der Waals surface area contributed by atoms with Crippen molar-refractivity contribution < 1.29 is 18.0 Å². The number of nitrogens with one attached hydrogen (secondary N) is 1. The van der Waals surface area contributed by atoms with E-state index in [1.807, 2.05) is 13.8 Å². The zero-order valence-electron chi connectivity index (χ0n) is 11.9. The Hall–Kier alpha value is -1.18. The van der Waals surface area contributed by atoms with Gasteiger partial charge in [0, 0.05) is 11.8 Å². The molecule has 0 bridgehead atoms. The lowest BCUT2D eigenvalue weighted by molar-refractivity contribution is -0.185. The molecule has 1 heterocycles. The number of amides is 1. The van der Waals surface area contributed by atoms with E-state index < -0.39 is 18.0 Å². The van der Waals surface area contributed by atoms with Crippen molar-refractivity contribution in [2.24, 2.45) is 11.8 Å². The van der Waals surface area contributed by atoms with E-state index in [1.165, 1.54) is 11.3 Å². The fourth-order valence-electron chi connectivity index (χ4n) is 2.45. The zero-order valence-corrected chi connectivity index (χ0v) is 12.7. The quantitative estimate of drug-likeness (QED) is 0.916. The largest absolute Gasteiger partial charge is 0.391 e. The Morgan fingerprint density at radius 1 is 1.33 bits per heavy atom. The van der Waals surface area contributed by atoms with E-state index in [-0.39, 0.29) is 24.7 Å². The fourth-order valence-corrected chi connectivity index (χ4v) is 3.20. The normalized spacial score (nSPS) is 23.3. The molecule has 4 nitrogen and oxygen atoms in total. The third-order valence-corrected chi connectivity index (χ3v) is 4.81. The number of nitrogens with zero attached hydrogens (tertiary/aromatic N) is 2. The van der Waals surface area contributed by atoms with Gasteiger partial charge in [0.1, 0.15) is 5.01 Å². The molecule has 1 aliphatic carbocycles. The molecule has 1 aliphatic rings. The Bertz CT molecular complexity index is 501. The molecule has 1 fully saturated rings. The minimum atomic E-state index is -4.22. The lowest BCUT2D eigenvalue weighted by Crippen LogP contribution is -2.34. The standard InChI is InChI=1S/C13H18F3N3OS/c1-7(2)11-18-19-12(21-11)17-10(20)8-4-3-5-9(6-8)13(14,15)16/h7-9H,3-6H2,1-2H3,(H,17,19,20)/t8-,9+/m0/s1. The van der Waals surface area contributed by atoms with E-state index in [0.717, 1.165) is 5.01 Å². The Kier molecular flexibility index (Phi) is 4.85. The number of hydrogen-bond acceptors (Lipinski definition) is 4. The van der Waals surface area contributed by atoms with Crippen molar-refractivity contribution in [3.63, 3.8) is 0 Å². The van der Waals surface area contributed by atoms with Crippen molar-refractivity contribution in [3.8, 4) is 0 Å². The molecular weight excluding hydrogens is 303 g/mol. The average Bonchev–Trinajstić information content (AvgIpc) is 2.86. The van der Waals surface area contributed by atoms with Crippen molar-refractivity contribution in [1.29, 1.82) is 0 Å². The molecule has 2 atom stereocenters. The second-order valence-electron chi connectivity index (χ2n) is 5.69. The number of halogens is 3. The van der Waals surface area contributed by atoms with Gasteiger partial charge < -0.3 is 5.32 Å². The van der Waals surface area contributed by atoms with E-state index in [1.54, 1.807) is 0 Å². The molecule has 1 saturated carbocycles. The first-order valence-electron chi connectivity index (χ1n) is 6.98. The van der Waals surface area contributed by atoms with Crippen LogP contribution in [0.25, 0.3) is 0 Å². The molecule has 0 unspecified atom stereocenters. The van der Waals surface area contributed by atoms with E-state index >= 15 is 0 Å². The smallest absolute Gasteiger partial charge is 0.300 e. The first-order chi connectivity index (χ1) is 9.77. The summed E-state index contributed by atoms with van der Waals surface area (Å²) in [6.45, 7) is 3.92. The van der Waals surface area contributed by atoms with E-state index in [2.05, 4.69) is 15.5 Å². The molecule has 21 heavy (non-hydrogen) atoms. The molecule has 1 aromatic rings. The van der Waals surface area contributed by atoms with Gasteiger partial charge >= 0.3 is 6.18 Å². The van der Waals surface area contributed by atoms with Crippen molar-refractivity contribution in [2.75, 3.05) is 5.32 Å². The SMILES string of the molecule is CC(C)c1nnc(NC(=O)[C@H]2CCC[C@@H](C(F)(F)F)C2)s1. The summed E-state index contributed by atoms with van der Waals surface area (Å²) in [5, 5.41) is 11.5. The summed E-state index contributed by atoms with van der Waals surface area (Å²) in [4.78, 5) is 12.1. The number of aromatic nitrogens is 2. The first kappa shape index (κ1) is 16.2. The summed E-state index contributed by atoms with van der Waals surface area (Å²) in [6, 6.07) is 0. The zero-order chi connectivity index (χ0) is 15.6. The van der Waals surface area contributed by atoms with Crippen molar-refractivity contribution in [1.82, 2.24) is 10.2 Å². The number of rotatable bonds is 3. The van der Waals surface area contributed by atoms with Crippen LogP contribution in [0, 0.1) is 11.8 Å². The molecule has 1 amide bonds. The highest BCUT2D eigenvalue weighted by Gasteiger charge is 2.43. The highest BCUT2D eigenvalue weighted by molar-refractivity contribution is 7.15. The van der Waals surface area contributed by atoms with Gasteiger partial charge in [-0.3, -0.25) is 4.79 Å². The molecule has 8 heteroatoms. The summed E-state index contributed by atoms with van der Waals surface area (Å²) in [5.74, 6) is -2.15. The van der Waals surface area contributed by atoms with Gasteiger partial charge in [-0.15, -0.1) is 10.2 Å². The Balaban J connectivity index is 1.96. The minimum Gasteiger partial charge on any atom is -0.300 e. The molecule has 1 N–H and O–H groups in total. The lowest BCUT2D eigenvalue weighted by atomic mass is 9.80. The number of carbonyl (C=O) groups is 1. The topological polar surface area (TPSA) is 54.9 Å². The predicted molar refractivity (Wildman–Crippen MR) is 74.1 cm³/mol. The van der Waals surface area contributed by atoms with Crippen LogP contribution in [0.4, 0.5) is 18.3 Å². The third kappa shape index (κ3) is 4.15. The van der Waals surface area contributed by atoms with Gasteiger partial charge in [-0.2, -0.15) is 13.2 Å². The fraction of sp³-hybridized carbons (Fsp3) is 0.769. The van der Waals surface area contributed by atoms with Gasteiger partial charge in [0.2, 0.25) is 11.0 Å². The van der Waals surface area contributed by atoms with Crippen LogP contribution in [0.15, 0.2) is 0 Å². The molecule has 0 aliphatic heterocycles. The van der Waals surface area contributed by atoms with Crippen LogP contribution in [0.2, 0.25) is 0 Å². The van der Waals surface area contributed by atoms with Gasteiger partial charge in [0.05, 0.1) is 5.92 Å². The van der Waals surface area contributed by atoms with Crippen LogP contribution in [-0.4, -0.2) is 22.3 Å². The highest BCUT2D eigenvalue weighted by Crippen LogP contribution is 2.40. The molecular formula is C13H18F3N3OS. The number of anilines is 1. The molecule has 1 aromatic heterocycles. The van der Waals surface area contributed by atoms with Crippen LogP contribution in [0.5, 0.6) is 0 Å². The molecule has 0 saturated heterocycles. The average molecular weight is 321 g/mol. The highest BCUT2D eigenvalue weighted by atomic mass is 32.1. The third-order valence-electron chi connectivity index (χ3n) is 3.67. The van der Waals surface area contributed by atoms with Crippen molar-refractivity contribution in [3.05, 3.63) is 5.01 Å². The summed E-state index contributed by atoms with van der Waals surface area (Å²) in [6.07, 6.45) is -3.31. The first-order valence-corrected chi connectivity index (χ1v) is 7.80. The van der Waals surface area contributed by atoms with Crippen LogP contribution in [-0.2, 0) is 4.79 Å². The van der Waals surface area contributed by atoms with Crippen molar-refractivity contribution >= 4 is 22.4 Å². The van der Waals surface area contributed by atoms with Gasteiger partial charge in [-0.1, -0.05) is 31.6 Å². The van der Waals surface area contributed by atoms with Crippen LogP contribution in [0.1, 0.15) is 50.5 Å². The van der Waals surface area contributed by atoms with E-state index in [4.69, 9.17) is 0 Å². The van der Waals surface area contributed by atoms with Crippen LogP contribution < -0.4 is 5.32 Å². The summed E-state index contributed by atoms with van der Waals surface area (Å²) in [7, 11) is 0. The number of carbonyl (C=O) groups excluding carboxylic acids is 1. The monoisotopic (exact) mass is 321 g/mol. The van der Waals surface area contributed by atoms with Gasteiger partial charge in [0.25, 0.3) is 0 Å². The van der Waals surface area contributed by atoms with Gasteiger partial charge in [0.15, 0.2) is 0 Å². The predicted octanol–water partition coefficient (Wildman–Crippen LogP) is 3.97. The van der Waals surface area contributed by atoms with Gasteiger partial charge in [-0.25, -0.2) is 0 Å². The van der Waals surface area contributed by atoms with Crippen LogP contribution in [0.3, 0.4) is 0 Å². The van der Waals surface area contributed by atoms with Crippen LogP contribution >= 0.6 is 11.3 Å². The summed E-state index contributed by atoms with van der Waals surface area (Å²) >= 11 is 1.26. The second kappa shape index (κ2) is 6.29. The Morgan fingerprint density at radius 2 is 2.05 bits per heavy atom. The molecule has 0 radical (unpaired) electrons. The van der Waals surface area contributed by atoms with Crippen molar-refractivity contribution in [2.45, 2.75) is 51.6 Å². The molecule has 118 valence electrons. The second-order valence-corrected chi connectivity index (χ2v) is 6.70. The number of alkyl halides is 3.